The van der Waals surface area contributed by atoms with Crippen LogP contribution in [0.1, 0.15) is 126 Å². The molecule has 316 valence electrons. The third-order valence-electron chi connectivity index (χ3n) is 16.3. The van der Waals surface area contributed by atoms with Crippen molar-refractivity contribution in [2.45, 2.75) is 98.3 Å². The minimum atomic E-state index is -0.169. The van der Waals surface area contributed by atoms with Gasteiger partial charge in [0.05, 0.1) is 0 Å². The highest BCUT2D eigenvalue weighted by molar-refractivity contribution is 7.03. The van der Waals surface area contributed by atoms with Crippen molar-refractivity contribution in [3.8, 4) is 33.4 Å². The summed E-state index contributed by atoms with van der Waals surface area (Å²) in [6.45, 7) is 23.7. The number of benzene rings is 8. The van der Waals surface area contributed by atoms with E-state index < -0.39 is 0 Å². The number of hydrogen-bond acceptors (Lipinski definition) is 2. The van der Waals surface area contributed by atoms with E-state index in [0.717, 1.165) is 0 Å². The summed E-state index contributed by atoms with van der Waals surface area (Å²) in [4.78, 5) is 5.48. The van der Waals surface area contributed by atoms with Gasteiger partial charge in [-0.15, -0.1) is 0 Å². The Morgan fingerprint density at radius 2 is 1.06 bits per heavy atom. The molecule has 0 amide bonds. The van der Waals surface area contributed by atoms with Gasteiger partial charge in [0.25, 0.3) is 6.71 Å². The zero-order chi connectivity index (χ0) is 44.5. The topological polar surface area (TPSA) is 6.48 Å². The molecule has 0 saturated carbocycles. The van der Waals surface area contributed by atoms with Crippen LogP contribution in [0.5, 0.6) is 0 Å². The summed E-state index contributed by atoms with van der Waals surface area (Å²) in [7, 11) is 0. The number of anilines is 5. The third kappa shape index (κ3) is 5.15. The molecule has 0 radical (unpaired) electrons. The molecule has 0 bridgehead atoms. The molecule has 0 spiro atoms. The molecule has 0 saturated heterocycles. The Labute approximate surface area is 386 Å². The largest absolute Gasteiger partial charge is 0.377 e. The first kappa shape index (κ1) is 39.1. The second kappa shape index (κ2) is 13.4. The van der Waals surface area contributed by atoms with Crippen LogP contribution in [0.25, 0.3) is 44.2 Å². The van der Waals surface area contributed by atoms with Gasteiger partial charge in [0, 0.05) is 45.0 Å². The molecule has 8 aromatic carbocycles. The molecule has 8 aromatic rings. The van der Waals surface area contributed by atoms with E-state index in [1.165, 1.54) is 133 Å². The first-order valence-corrected chi connectivity index (χ1v) is 24.3. The zero-order valence-electron chi connectivity index (χ0n) is 39.6. The van der Waals surface area contributed by atoms with Gasteiger partial charge in [-0.3, -0.25) is 0 Å². The molecular formula is C61H56B2N2. The SMILES string of the molecule is CC(C)c1ccc(N2c3cc4c(cc3B3c5cc(C(C)C)cc6c5N5B(c7cc(C(C)C)ccc7-6)c6cc(C(C)C)ccc6-c6ccc2c3c65)-c2c(ccc3ccccc23)C4(C)C)cc1. The van der Waals surface area contributed by atoms with Gasteiger partial charge in [-0.05, 0) is 148 Å². The van der Waals surface area contributed by atoms with E-state index in [9.17, 15) is 0 Å². The minimum absolute atomic E-state index is 0.0332. The third-order valence-corrected chi connectivity index (χ3v) is 16.3. The van der Waals surface area contributed by atoms with Gasteiger partial charge in [0.15, 0.2) is 0 Å². The quantitative estimate of drug-likeness (QED) is 0.159. The van der Waals surface area contributed by atoms with Crippen LogP contribution in [0, 0.1) is 0 Å². The summed E-state index contributed by atoms with van der Waals surface area (Å²) in [5, 5.41) is 2.65. The van der Waals surface area contributed by atoms with E-state index in [4.69, 9.17) is 0 Å². The van der Waals surface area contributed by atoms with Crippen LogP contribution in [0.3, 0.4) is 0 Å². The predicted octanol–water partition coefficient (Wildman–Crippen LogP) is 13.2. The van der Waals surface area contributed by atoms with Crippen molar-refractivity contribution in [3.63, 3.8) is 0 Å². The maximum absolute atomic E-state index is 2.84. The highest BCUT2D eigenvalue weighted by Crippen LogP contribution is 2.56. The molecule has 5 aliphatic rings. The van der Waals surface area contributed by atoms with Gasteiger partial charge in [-0.1, -0.05) is 172 Å². The van der Waals surface area contributed by atoms with Crippen LogP contribution in [0.4, 0.5) is 28.4 Å². The lowest BCUT2D eigenvalue weighted by molar-refractivity contribution is 0.661. The van der Waals surface area contributed by atoms with Crippen LogP contribution in [-0.2, 0) is 5.41 Å². The second-order valence-corrected chi connectivity index (χ2v) is 21.6. The molecular weight excluding hydrogens is 782 g/mol. The van der Waals surface area contributed by atoms with Crippen molar-refractivity contribution < 1.29 is 0 Å². The van der Waals surface area contributed by atoms with Crippen molar-refractivity contribution in [3.05, 3.63) is 167 Å². The fraction of sp³-hybridized carbons (Fsp3) is 0.246. The summed E-state index contributed by atoms with van der Waals surface area (Å²) < 4.78 is 0. The first-order valence-electron chi connectivity index (χ1n) is 24.3. The molecule has 0 fully saturated rings. The lowest BCUT2D eigenvalue weighted by atomic mass is 9.30. The van der Waals surface area contributed by atoms with Gasteiger partial charge >= 0.3 is 6.85 Å². The highest BCUT2D eigenvalue weighted by atomic mass is 15.2. The zero-order valence-corrected chi connectivity index (χ0v) is 39.6. The summed E-state index contributed by atoms with van der Waals surface area (Å²) in [5.74, 6) is 1.68. The van der Waals surface area contributed by atoms with E-state index in [-0.39, 0.29) is 19.0 Å². The van der Waals surface area contributed by atoms with E-state index in [1.807, 2.05) is 0 Å². The van der Waals surface area contributed by atoms with Gasteiger partial charge < -0.3 is 9.71 Å². The van der Waals surface area contributed by atoms with Crippen LogP contribution in [0.2, 0.25) is 0 Å². The molecule has 1 aliphatic carbocycles. The molecule has 0 atom stereocenters. The maximum atomic E-state index is 2.84. The van der Waals surface area contributed by atoms with Crippen molar-refractivity contribution in [1.82, 2.24) is 0 Å². The normalized spacial score (nSPS) is 15.2. The number of rotatable bonds is 5. The Balaban J connectivity index is 1.20. The Bertz CT molecular complexity index is 3390. The summed E-state index contributed by atoms with van der Waals surface area (Å²) >= 11 is 0. The average Bonchev–Trinajstić information content (AvgIpc) is 3.53. The molecule has 4 heteroatoms. The molecule has 4 aliphatic heterocycles. The van der Waals surface area contributed by atoms with Crippen molar-refractivity contribution in [2.24, 2.45) is 0 Å². The molecule has 4 heterocycles. The van der Waals surface area contributed by atoms with E-state index >= 15 is 0 Å². The lowest BCUT2D eigenvalue weighted by Gasteiger charge is -2.52. The van der Waals surface area contributed by atoms with Crippen LogP contribution in [0.15, 0.2) is 133 Å². The standard InChI is InChI=1S/C61H56B2N2/c1-33(2)37-15-20-42(21-16-37)64-55-26-24-46-44-22-17-39(34(3)4)28-51(44)63-52-29-40(35(5)6)18-23-45(52)47-27-41(36(7)8)30-54-59(47)65(63)60(46)58(55)62(54)53-31-48-50(32-56(53)64)61(9,10)49-25-19-38-13-11-12-14-43(38)57(48)49/h11-36H,1-10H3. The van der Waals surface area contributed by atoms with Crippen LogP contribution < -0.4 is 37.0 Å². The number of nitrogens with zero attached hydrogens (tertiary/aromatic N) is 2. The summed E-state index contributed by atoms with van der Waals surface area (Å²) in [6.07, 6.45) is 0. The van der Waals surface area contributed by atoms with Gasteiger partial charge in [-0.2, -0.15) is 0 Å². The Morgan fingerprint density at radius 1 is 0.446 bits per heavy atom. The van der Waals surface area contributed by atoms with Crippen molar-refractivity contribution in [1.29, 1.82) is 0 Å². The summed E-state index contributed by atoms with van der Waals surface area (Å²) in [6, 6.07) is 53.5. The monoisotopic (exact) mass is 838 g/mol. The fourth-order valence-corrected chi connectivity index (χ4v) is 12.8. The lowest BCUT2D eigenvalue weighted by Crippen LogP contribution is -2.69. The number of hydrogen-bond donors (Lipinski definition) is 0. The van der Waals surface area contributed by atoms with E-state index in [2.05, 4.69) is 212 Å². The minimum Gasteiger partial charge on any atom is -0.377 e. The van der Waals surface area contributed by atoms with Gasteiger partial charge in [0.2, 0.25) is 0 Å². The van der Waals surface area contributed by atoms with Crippen LogP contribution >= 0.6 is 0 Å². The molecule has 2 nitrogen and oxygen atoms in total. The summed E-state index contributed by atoms with van der Waals surface area (Å²) in [5.41, 5.74) is 30.2. The maximum Gasteiger partial charge on any atom is 0.329 e. The van der Waals surface area contributed by atoms with Crippen LogP contribution in [-0.4, -0.2) is 13.6 Å². The number of fused-ring (bicyclic) bond motifs is 14. The van der Waals surface area contributed by atoms with Crippen molar-refractivity contribution >= 4 is 80.1 Å². The second-order valence-electron chi connectivity index (χ2n) is 21.6. The average molecular weight is 839 g/mol. The molecule has 13 rings (SSSR count). The molecule has 0 unspecified atom stereocenters. The van der Waals surface area contributed by atoms with Gasteiger partial charge in [0.1, 0.15) is 0 Å². The molecule has 0 N–H and O–H groups in total. The Morgan fingerprint density at radius 3 is 1.74 bits per heavy atom. The van der Waals surface area contributed by atoms with E-state index in [1.54, 1.807) is 0 Å². The fourth-order valence-electron chi connectivity index (χ4n) is 12.8. The predicted molar refractivity (Wildman–Crippen MR) is 282 cm³/mol. The molecule has 65 heavy (non-hydrogen) atoms. The first-order chi connectivity index (χ1) is 31.3. The Hall–Kier alpha value is -6.25. The Kier molecular flexibility index (Phi) is 8.08. The molecule has 0 aromatic heterocycles. The smallest absolute Gasteiger partial charge is 0.329 e. The highest BCUT2D eigenvalue weighted by Gasteiger charge is 2.53. The van der Waals surface area contributed by atoms with E-state index in [0.29, 0.717) is 23.7 Å². The van der Waals surface area contributed by atoms with Gasteiger partial charge in [-0.25, -0.2) is 0 Å². The van der Waals surface area contributed by atoms with Crippen molar-refractivity contribution in [2.75, 3.05) is 9.71 Å².